The topological polar surface area (TPSA) is 200 Å². The molecule has 2 aromatic carbocycles. The van der Waals surface area contributed by atoms with Crippen LogP contribution in [-0.2, 0) is 23.8 Å². The highest BCUT2D eigenvalue weighted by molar-refractivity contribution is 5.88. The van der Waals surface area contributed by atoms with E-state index in [0.29, 0.717) is 11.1 Å². The van der Waals surface area contributed by atoms with Crippen molar-refractivity contribution in [1.29, 1.82) is 0 Å². The maximum atomic E-state index is 12.4. The van der Waals surface area contributed by atoms with Crippen LogP contribution in [0.3, 0.4) is 0 Å². The molecule has 0 radical (unpaired) electrons. The van der Waals surface area contributed by atoms with Crippen molar-refractivity contribution in [2.75, 3.05) is 35.0 Å². The summed E-state index contributed by atoms with van der Waals surface area (Å²) >= 11 is 0. The van der Waals surface area contributed by atoms with Gasteiger partial charge in [0.25, 0.3) is 0 Å². The SMILES string of the molecule is COc1cc(/C=C\C(=O)OC[C@H]2O[C@H](OC(=O)/C=C/c3cc(OC)c(O)c(OC)c3)[C@H](O)[C@@H](O)[C@@H]2O)cc(OC)c1O. The van der Waals surface area contributed by atoms with Gasteiger partial charge < -0.3 is 58.7 Å². The Hall–Kier alpha value is -4.50. The van der Waals surface area contributed by atoms with Gasteiger partial charge in [0.2, 0.25) is 17.8 Å². The second-order valence-corrected chi connectivity index (χ2v) is 8.80. The van der Waals surface area contributed by atoms with Gasteiger partial charge in [0.1, 0.15) is 31.0 Å². The molecular weight excluding hydrogens is 560 g/mol. The largest absolute Gasteiger partial charge is 0.502 e. The molecule has 14 heteroatoms. The number of aromatic hydroxyl groups is 2. The molecule has 1 saturated heterocycles. The van der Waals surface area contributed by atoms with Gasteiger partial charge >= 0.3 is 11.9 Å². The zero-order valence-corrected chi connectivity index (χ0v) is 23.1. The molecule has 0 saturated carbocycles. The van der Waals surface area contributed by atoms with Crippen molar-refractivity contribution in [2.24, 2.45) is 0 Å². The fourth-order valence-corrected chi connectivity index (χ4v) is 3.87. The van der Waals surface area contributed by atoms with Crippen LogP contribution in [0.2, 0.25) is 0 Å². The summed E-state index contributed by atoms with van der Waals surface area (Å²) in [6, 6.07) is 5.77. The lowest BCUT2D eigenvalue weighted by Gasteiger charge is -2.39. The number of methoxy groups -OCH3 is 4. The first-order chi connectivity index (χ1) is 20.0. The number of carbonyl (C=O) groups excluding carboxylic acids is 2. The lowest BCUT2D eigenvalue weighted by Crippen LogP contribution is -2.59. The Bertz CT molecular complexity index is 1270. The summed E-state index contributed by atoms with van der Waals surface area (Å²) in [5.74, 6) is -1.84. The van der Waals surface area contributed by atoms with Gasteiger partial charge in [-0.1, -0.05) is 0 Å². The van der Waals surface area contributed by atoms with Crippen LogP contribution in [-0.4, -0.2) is 103 Å². The van der Waals surface area contributed by atoms with Crippen molar-refractivity contribution in [1.82, 2.24) is 0 Å². The maximum absolute atomic E-state index is 12.4. The molecule has 0 unspecified atom stereocenters. The highest BCUT2D eigenvalue weighted by Gasteiger charge is 2.45. The molecule has 5 N–H and O–H groups in total. The van der Waals surface area contributed by atoms with E-state index in [2.05, 4.69) is 0 Å². The molecule has 0 aliphatic carbocycles. The van der Waals surface area contributed by atoms with Gasteiger partial charge in [0.05, 0.1) is 28.4 Å². The minimum atomic E-state index is -1.81. The molecule has 1 fully saturated rings. The van der Waals surface area contributed by atoms with Gasteiger partial charge in [-0.05, 0) is 47.5 Å². The van der Waals surface area contributed by atoms with E-state index in [1.165, 1.54) is 64.9 Å². The van der Waals surface area contributed by atoms with E-state index in [-0.39, 0.29) is 34.5 Å². The summed E-state index contributed by atoms with van der Waals surface area (Å²) in [6.45, 7) is -0.562. The van der Waals surface area contributed by atoms with E-state index in [9.17, 15) is 35.1 Å². The van der Waals surface area contributed by atoms with Crippen LogP contribution in [0.25, 0.3) is 12.2 Å². The Labute approximate surface area is 240 Å². The highest BCUT2D eigenvalue weighted by Crippen LogP contribution is 2.38. The number of phenolic OH excluding ortho intramolecular Hbond substituents is 2. The summed E-state index contributed by atoms with van der Waals surface area (Å²) < 4.78 is 35.8. The zero-order valence-electron chi connectivity index (χ0n) is 23.1. The Morgan fingerprint density at radius 2 is 1.14 bits per heavy atom. The van der Waals surface area contributed by atoms with Crippen LogP contribution in [0.5, 0.6) is 34.5 Å². The molecule has 3 rings (SSSR count). The van der Waals surface area contributed by atoms with Crippen molar-refractivity contribution >= 4 is 24.1 Å². The van der Waals surface area contributed by atoms with Crippen molar-refractivity contribution in [3.8, 4) is 34.5 Å². The van der Waals surface area contributed by atoms with E-state index >= 15 is 0 Å². The van der Waals surface area contributed by atoms with Crippen molar-refractivity contribution < 1.29 is 68.3 Å². The number of hydrogen-bond donors (Lipinski definition) is 5. The molecule has 5 atom stereocenters. The van der Waals surface area contributed by atoms with E-state index < -0.39 is 49.3 Å². The number of rotatable bonds is 11. The van der Waals surface area contributed by atoms with Gasteiger partial charge in [-0.25, -0.2) is 9.59 Å². The molecule has 1 heterocycles. The van der Waals surface area contributed by atoms with Gasteiger partial charge in [-0.2, -0.15) is 0 Å². The molecule has 1 aliphatic rings. The molecule has 2 aromatic rings. The zero-order chi connectivity index (χ0) is 31.0. The van der Waals surface area contributed by atoms with Crippen LogP contribution in [0, 0.1) is 0 Å². The third kappa shape index (κ3) is 7.61. The summed E-state index contributed by atoms with van der Waals surface area (Å²) in [7, 11) is 5.38. The minimum Gasteiger partial charge on any atom is -0.502 e. The van der Waals surface area contributed by atoms with Crippen LogP contribution < -0.4 is 18.9 Å². The molecule has 0 aromatic heterocycles. The lowest BCUT2D eigenvalue weighted by atomic mass is 9.99. The Morgan fingerprint density at radius 3 is 1.57 bits per heavy atom. The molecule has 14 nitrogen and oxygen atoms in total. The van der Waals surface area contributed by atoms with Crippen molar-refractivity contribution in [3.63, 3.8) is 0 Å². The molecular formula is C28H32O14. The second kappa shape index (κ2) is 14.4. The molecule has 42 heavy (non-hydrogen) atoms. The van der Waals surface area contributed by atoms with Crippen LogP contribution in [0.1, 0.15) is 11.1 Å². The minimum absolute atomic E-state index is 0.0975. The van der Waals surface area contributed by atoms with E-state index in [1.807, 2.05) is 0 Å². The van der Waals surface area contributed by atoms with Crippen molar-refractivity contribution in [2.45, 2.75) is 30.7 Å². The van der Waals surface area contributed by atoms with Crippen LogP contribution in [0.15, 0.2) is 36.4 Å². The number of aliphatic hydroxyl groups is 3. The summed E-state index contributed by atoms with van der Waals surface area (Å²) in [5, 5.41) is 50.8. The summed E-state index contributed by atoms with van der Waals surface area (Å²) in [5.41, 5.74) is 0.844. The standard InChI is InChI=1S/C28H32O14/c1-36-16-9-14(10-17(37-2)23(16)31)5-7-21(29)40-13-20-25(33)26(34)27(35)28(41-20)42-22(30)8-6-15-11-18(38-3)24(32)19(12-15)39-4/h5-12,20,25-28,31-35H,13H2,1-4H3/b7-5-,8-6+/t20-,25-,26+,27-,28-/m1/s1. The number of hydrogen-bond acceptors (Lipinski definition) is 14. The molecule has 228 valence electrons. The first-order valence-electron chi connectivity index (χ1n) is 12.4. The van der Waals surface area contributed by atoms with E-state index in [0.717, 1.165) is 12.2 Å². The lowest BCUT2D eigenvalue weighted by molar-refractivity contribution is -0.291. The van der Waals surface area contributed by atoms with E-state index in [4.69, 9.17) is 33.2 Å². The Kier molecular flexibility index (Phi) is 11.0. The van der Waals surface area contributed by atoms with Gasteiger partial charge in [0, 0.05) is 12.2 Å². The van der Waals surface area contributed by atoms with Gasteiger partial charge in [-0.3, -0.25) is 0 Å². The van der Waals surface area contributed by atoms with Crippen LogP contribution >= 0.6 is 0 Å². The average molecular weight is 593 g/mol. The highest BCUT2D eigenvalue weighted by atomic mass is 16.7. The number of benzene rings is 2. The van der Waals surface area contributed by atoms with Crippen LogP contribution in [0.4, 0.5) is 0 Å². The van der Waals surface area contributed by atoms with Gasteiger partial charge in [0.15, 0.2) is 23.0 Å². The third-order valence-electron chi connectivity index (χ3n) is 6.12. The Balaban J connectivity index is 1.62. The fraction of sp³-hybridized carbons (Fsp3) is 0.357. The monoisotopic (exact) mass is 592 g/mol. The Morgan fingerprint density at radius 1 is 0.714 bits per heavy atom. The normalized spacial score (nSPS) is 22.1. The predicted octanol–water partition coefficient (Wildman–Crippen LogP) is 0.753. The first-order valence-corrected chi connectivity index (χ1v) is 12.4. The number of aliphatic hydroxyl groups excluding tert-OH is 3. The van der Waals surface area contributed by atoms with E-state index in [1.54, 1.807) is 0 Å². The number of phenols is 2. The average Bonchev–Trinajstić information content (AvgIpc) is 2.99. The summed E-state index contributed by atoms with van der Waals surface area (Å²) in [4.78, 5) is 24.7. The quantitative estimate of drug-likeness (QED) is 0.181. The predicted molar refractivity (Wildman–Crippen MR) is 144 cm³/mol. The number of esters is 2. The number of carbonyl (C=O) groups is 2. The summed E-state index contributed by atoms with van der Waals surface area (Å²) in [6.07, 6.45) is -3.61. The second-order valence-electron chi connectivity index (χ2n) is 8.80. The number of ether oxygens (including phenoxy) is 7. The molecule has 0 amide bonds. The fourth-order valence-electron chi connectivity index (χ4n) is 3.87. The first kappa shape index (κ1) is 32.0. The van der Waals surface area contributed by atoms with Crippen molar-refractivity contribution in [3.05, 3.63) is 47.5 Å². The van der Waals surface area contributed by atoms with Gasteiger partial charge in [-0.15, -0.1) is 0 Å². The third-order valence-corrected chi connectivity index (χ3v) is 6.12. The molecule has 0 spiro atoms. The molecule has 1 aliphatic heterocycles. The maximum Gasteiger partial charge on any atom is 0.333 e. The molecule has 0 bridgehead atoms. The smallest absolute Gasteiger partial charge is 0.333 e.